The maximum Gasteiger partial charge on any atom is 0.252 e. The summed E-state index contributed by atoms with van der Waals surface area (Å²) in [7, 11) is 0. The van der Waals surface area contributed by atoms with Gasteiger partial charge in [-0.2, -0.15) is 0 Å². The van der Waals surface area contributed by atoms with Gasteiger partial charge in [0.2, 0.25) is 5.91 Å². The Morgan fingerprint density at radius 3 is 2.66 bits per heavy atom. The Morgan fingerprint density at radius 2 is 1.86 bits per heavy atom. The number of carbonyl (C=O) groups is 2. The first kappa shape index (κ1) is 19.2. The van der Waals surface area contributed by atoms with Crippen LogP contribution in [-0.4, -0.2) is 11.8 Å². The number of rotatable bonds is 5. The Morgan fingerprint density at radius 1 is 1.07 bits per heavy atom. The van der Waals surface area contributed by atoms with Crippen LogP contribution in [0.5, 0.6) is 0 Å². The molecule has 1 atom stereocenters. The van der Waals surface area contributed by atoms with Crippen LogP contribution < -0.4 is 10.6 Å². The van der Waals surface area contributed by atoms with Gasteiger partial charge in [0.15, 0.2) is 0 Å². The Balaban J connectivity index is 1.61. The van der Waals surface area contributed by atoms with Crippen molar-refractivity contribution in [3.8, 4) is 0 Å². The third-order valence-electron chi connectivity index (χ3n) is 4.94. The second-order valence-corrected chi connectivity index (χ2v) is 7.28. The van der Waals surface area contributed by atoms with E-state index >= 15 is 0 Å². The van der Waals surface area contributed by atoms with Gasteiger partial charge in [0.1, 0.15) is 5.82 Å². The number of anilines is 1. The number of hydrogen-bond acceptors (Lipinski definition) is 2. The van der Waals surface area contributed by atoms with E-state index in [1.165, 1.54) is 18.2 Å². The van der Waals surface area contributed by atoms with E-state index in [1.54, 1.807) is 18.2 Å². The largest absolute Gasteiger partial charge is 0.341 e. The predicted octanol–water partition coefficient (Wildman–Crippen LogP) is 4.88. The molecule has 3 aromatic carbocycles. The van der Waals surface area contributed by atoms with E-state index in [-0.39, 0.29) is 11.8 Å². The quantitative estimate of drug-likeness (QED) is 0.632. The van der Waals surface area contributed by atoms with Crippen LogP contribution in [0.25, 0.3) is 0 Å². The zero-order valence-electron chi connectivity index (χ0n) is 15.4. The lowest BCUT2D eigenvalue weighted by atomic mass is 9.96. The zero-order chi connectivity index (χ0) is 20.4. The molecule has 1 aliphatic heterocycles. The number of carbonyl (C=O) groups excluding carboxylic acids is 2. The molecule has 2 N–H and O–H groups in total. The molecule has 1 aliphatic rings. The van der Waals surface area contributed by atoms with Crippen LogP contribution in [0.4, 0.5) is 10.1 Å². The van der Waals surface area contributed by atoms with Gasteiger partial charge in [-0.05, 0) is 42.3 Å². The van der Waals surface area contributed by atoms with Crippen LogP contribution in [0, 0.1) is 5.82 Å². The van der Waals surface area contributed by atoms with E-state index in [9.17, 15) is 14.0 Å². The molecule has 0 bridgehead atoms. The summed E-state index contributed by atoms with van der Waals surface area (Å²) in [5, 5.41) is 6.08. The Kier molecular flexibility index (Phi) is 5.32. The maximum atomic E-state index is 13.8. The minimum atomic E-state index is -0.633. The van der Waals surface area contributed by atoms with Gasteiger partial charge in [0, 0.05) is 33.8 Å². The summed E-state index contributed by atoms with van der Waals surface area (Å²) in [6.07, 6.45) is 0.915. The summed E-state index contributed by atoms with van der Waals surface area (Å²) in [6, 6.07) is 18.2. The zero-order valence-corrected chi connectivity index (χ0v) is 16.2. The molecule has 0 radical (unpaired) electrons. The van der Waals surface area contributed by atoms with Crippen molar-refractivity contribution in [3.05, 3.63) is 99.8 Å². The fraction of sp³-hybridized carbons (Fsp3) is 0.130. The molecule has 0 saturated heterocycles. The minimum Gasteiger partial charge on any atom is -0.341 e. The van der Waals surface area contributed by atoms with E-state index in [1.807, 2.05) is 30.3 Å². The fourth-order valence-electron chi connectivity index (χ4n) is 3.55. The average molecular weight is 409 g/mol. The number of amides is 2. The minimum absolute atomic E-state index is 0.161. The third-order valence-corrected chi connectivity index (χ3v) is 5.29. The summed E-state index contributed by atoms with van der Waals surface area (Å²) >= 11 is 6.26. The fourth-order valence-corrected chi connectivity index (χ4v) is 3.78. The summed E-state index contributed by atoms with van der Waals surface area (Å²) in [6.45, 7) is 0. The third kappa shape index (κ3) is 4.00. The predicted molar refractivity (Wildman–Crippen MR) is 111 cm³/mol. The number of aryl methyl sites for hydroxylation is 1. The molecule has 1 heterocycles. The normalized spacial score (nSPS) is 15.0. The molecule has 4 nitrogen and oxygen atoms in total. The van der Waals surface area contributed by atoms with E-state index in [2.05, 4.69) is 10.6 Å². The number of halogens is 2. The highest BCUT2D eigenvalue weighted by Gasteiger charge is 2.33. The average Bonchev–Trinajstić information content (AvgIpc) is 3.07. The van der Waals surface area contributed by atoms with Gasteiger partial charge in [0.05, 0.1) is 6.04 Å². The highest BCUT2D eigenvalue weighted by Crippen LogP contribution is 2.39. The molecule has 146 valence electrons. The van der Waals surface area contributed by atoms with Crippen molar-refractivity contribution in [1.82, 2.24) is 5.32 Å². The first-order chi connectivity index (χ1) is 14.0. The lowest BCUT2D eigenvalue weighted by molar-refractivity contribution is -0.116. The lowest BCUT2D eigenvalue weighted by Gasteiger charge is -2.18. The van der Waals surface area contributed by atoms with Gasteiger partial charge >= 0.3 is 0 Å². The van der Waals surface area contributed by atoms with Gasteiger partial charge in [-0.15, -0.1) is 0 Å². The number of nitrogens with one attached hydrogen (secondary N) is 2. The van der Waals surface area contributed by atoms with Crippen LogP contribution >= 0.6 is 11.6 Å². The molecule has 29 heavy (non-hydrogen) atoms. The maximum absolute atomic E-state index is 13.8. The highest BCUT2D eigenvalue weighted by molar-refractivity contribution is 6.31. The van der Waals surface area contributed by atoms with E-state index in [0.29, 0.717) is 40.2 Å². The molecule has 0 saturated carbocycles. The first-order valence-electron chi connectivity index (χ1n) is 9.25. The standard InChI is InChI=1S/C23H18ClFN2O2/c24-18-11-10-15(25)13-17(18)22-21-16(23(29)27-22)7-4-8-19(21)26-20(28)12-9-14-5-2-1-3-6-14/h1-8,10-11,13,22H,9,12H2,(H,26,28)(H,27,29). The number of hydrogen-bond donors (Lipinski definition) is 2. The van der Waals surface area contributed by atoms with Crippen LogP contribution in [0.2, 0.25) is 5.02 Å². The van der Waals surface area contributed by atoms with E-state index in [0.717, 1.165) is 5.56 Å². The van der Waals surface area contributed by atoms with Crippen molar-refractivity contribution in [1.29, 1.82) is 0 Å². The molecule has 1 unspecified atom stereocenters. The van der Waals surface area contributed by atoms with Crippen LogP contribution in [0.15, 0.2) is 66.7 Å². The molecule has 4 rings (SSSR count). The molecule has 2 amide bonds. The molecule has 0 aliphatic carbocycles. The Hall–Kier alpha value is -3.18. The monoisotopic (exact) mass is 408 g/mol. The molecule has 0 fully saturated rings. The second kappa shape index (κ2) is 8.05. The van der Waals surface area contributed by atoms with Crippen molar-refractivity contribution in [2.75, 3.05) is 5.32 Å². The van der Waals surface area contributed by atoms with Crippen LogP contribution in [-0.2, 0) is 11.2 Å². The Bertz CT molecular complexity index is 1090. The number of benzene rings is 3. The summed E-state index contributed by atoms with van der Waals surface area (Å²) in [4.78, 5) is 25.0. The van der Waals surface area contributed by atoms with E-state index in [4.69, 9.17) is 11.6 Å². The SMILES string of the molecule is O=C(CCc1ccccc1)Nc1cccc2c1C(c1cc(F)ccc1Cl)NC2=O. The summed E-state index contributed by atoms with van der Waals surface area (Å²) in [5.41, 5.74) is 3.07. The molecule has 0 aromatic heterocycles. The molecular formula is C23H18ClFN2O2. The van der Waals surface area contributed by atoms with Gasteiger partial charge in [-0.3, -0.25) is 9.59 Å². The topological polar surface area (TPSA) is 58.2 Å². The van der Waals surface area contributed by atoms with Crippen molar-refractivity contribution in [3.63, 3.8) is 0 Å². The first-order valence-corrected chi connectivity index (χ1v) is 9.63. The van der Waals surface area contributed by atoms with Crippen molar-refractivity contribution in [2.24, 2.45) is 0 Å². The lowest BCUT2D eigenvalue weighted by Crippen LogP contribution is -2.21. The van der Waals surface area contributed by atoms with E-state index < -0.39 is 11.9 Å². The van der Waals surface area contributed by atoms with Crippen molar-refractivity contribution < 1.29 is 14.0 Å². The highest BCUT2D eigenvalue weighted by atomic mass is 35.5. The van der Waals surface area contributed by atoms with Gasteiger partial charge < -0.3 is 10.6 Å². The number of fused-ring (bicyclic) bond motifs is 1. The molecule has 3 aromatic rings. The Labute approximate surface area is 172 Å². The summed E-state index contributed by atoms with van der Waals surface area (Å²) < 4.78 is 13.8. The molecule has 0 spiro atoms. The van der Waals surface area contributed by atoms with Crippen molar-refractivity contribution >= 4 is 29.1 Å². The van der Waals surface area contributed by atoms with Gasteiger partial charge in [-0.25, -0.2) is 4.39 Å². The van der Waals surface area contributed by atoms with Crippen molar-refractivity contribution in [2.45, 2.75) is 18.9 Å². The molecular weight excluding hydrogens is 391 g/mol. The molecule has 6 heteroatoms. The van der Waals surface area contributed by atoms with Crippen LogP contribution in [0.3, 0.4) is 0 Å². The smallest absolute Gasteiger partial charge is 0.252 e. The van der Waals surface area contributed by atoms with Gasteiger partial charge in [0.25, 0.3) is 5.91 Å². The summed E-state index contributed by atoms with van der Waals surface area (Å²) in [5.74, 6) is -0.895. The van der Waals surface area contributed by atoms with Crippen LogP contribution in [0.1, 0.15) is 39.5 Å². The van der Waals surface area contributed by atoms with Gasteiger partial charge in [-0.1, -0.05) is 48.0 Å². The second-order valence-electron chi connectivity index (χ2n) is 6.87.